The molecule has 0 unspecified atom stereocenters. The van der Waals surface area contributed by atoms with Crippen molar-refractivity contribution in [1.29, 1.82) is 0 Å². The zero-order chi connectivity index (χ0) is 22.0. The van der Waals surface area contributed by atoms with Crippen LogP contribution >= 0.6 is 0 Å². The molecule has 2 nitrogen and oxygen atoms in total. The molecule has 0 fully saturated rings. The third kappa shape index (κ3) is 6.51. The van der Waals surface area contributed by atoms with Crippen molar-refractivity contribution in [3.8, 4) is 0 Å². The monoisotopic (exact) mass is 436 g/mol. The average molecular weight is 437 g/mol. The van der Waals surface area contributed by atoms with Crippen LogP contribution in [0.1, 0.15) is 22.3 Å². The van der Waals surface area contributed by atoms with E-state index >= 15 is 0 Å². The van der Waals surface area contributed by atoms with E-state index in [0.29, 0.717) is 0 Å². The normalized spacial score (nSPS) is 11.4. The molecule has 3 heteroatoms. The summed E-state index contributed by atoms with van der Waals surface area (Å²) in [7, 11) is -1.44. The van der Waals surface area contributed by atoms with Crippen LogP contribution in [0, 0.1) is 0 Å². The van der Waals surface area contributed by atoms with Gasteiger partial charge in [-0.15, -0.1) is 0 Å². The Morgan fingerprint density at radius 1 is 0.406 bits per heavy atom. The Hall–Kier alpha value is -2.98. The molecule has 0 heterocycles. The van der Waals surface area contributed by atoms with Gasteiger partial charge in [0.1, 0.15) is 0 Å². The first-order valence-electron chi connectivity index (χ1n) is 11.4. The molecule has 0 aromatic heterocycles. The first-order chi connectivity index (χ1) is 15.8. The standard InChI is InChI=1S/C29H32N2Si/c1-32(30(22-26-14-6-2-7-15-26)23-27-16-8-3-9-17-27)31(24-28-18-10-4-11-19-28)25-29-20-12-5-13-21-29/h2-21,32H,22-25H2,1H3. The van der Waals surface area contributed by atoms with Crippen molar-refractivity contribution in [2.75, 3.05) is 0 Å². The summed E-state index contributed by atoms with van der Waals surface area (Å²) >= 11 is 0. The summed E-state index contributed by atoms with van der Waals surface area (Å²) in [6, 6.07) is 43.6. The number of nitrogens with zero attached hydrogens (tertiary/aromatic N) is 2. The van der Waals surface area contributed by atoms with Crippen molar-refractivity contribution in [3.63, 3.8) is 0 Å². The van der Waals surface area contributed by atoms with Crippen LogP contribution in [-0.2, 0) is 26.2 Å². The molecule has 0 spiro atoms. The van der Waals surface area contributed by atoms with Gasteiger partial charge in [-0.05, 0) is 28.8 Å². The molecule has 0 atom stereocenters. The second-order valence-corrected chi connectivity index (χ2v) is 11.1. The Morgan fingerprint density at radius 2 is 0.625 bits per heavy atom. The van der Waals surface area contributed by atoms with Crippen LogP contribution in [0.15, 0.2) is 121 Å². The maximum absolute atomic E-state index is 2.72. The molecule has 0 amide bonds. The molecule has 0 bridgehead atoms. The summed E-state index contributed by atoms with van der Waals surface area (Å²) in [5, 5.41) is 0. The molecule has 0 aliphatic carbocycles. The lowest BCUT2D eigenvalue weighted by molar-refractivity contribution is 0.325. The zero-order valence-electron chi connectivity index (χ0n) is 18.8. The summed E-state index contributed by atoms with van der Waals surface area (Å²) in [5.41, 5.74) is 5.51. The van der Waals surface area contributed by atoms with Crippen molar-refractivity contribution < 1.29 is 0 Å². The first kappa shape index (κ1) is 22.2. The van der Waals surface area contributed by atoms with Gasteiger partial charge in [-0.1, -0.05) is 121 Å². The average Bonchev–Trinajstić information content (AvgIpc) is 2.85. The fourth-order valence-corrected chi connectivity index (χ4v) is 6.50. The Kier molecular flexibility index (Phi) is 8.04. The van der Waals surface area contributed by atoms with Gasteiger partial charge in [-0.3, -0.25) is 0 Å². The SMILES string of the molecule is C[SiH](N(Cc1ccccc1)Cc1ccccc1)N(Cc1ccccc1)Cc1ccccc1. The van der Waals surface area contributed by atoms with E-state index in [1.807, 2.05) is 0 Å². The zero-order valence-corrected chi connectivity index (χ0v) is 20.0. The maximum Gasteiger partial charge on any atom is 0.187 e. The Labute approximate surface area is 194 Å². The fourth-order valence-electron chi connectivity index (χ4n) is 4.14. The highest BCUT2D eigenvalue weighted by molar-refractivity contribution is 6.50. The van der Waals surface area contributed by atoms with Crippen LogP contribution in [0.2, 0.25) is 6.55 Å². The highest BCUT2D eigenvalue weighted by Gasteiger charge is 2.24. The molecule has 0 saturated heterocycles. The molecule has 4 aromatic carbocycles. The molecule has 0 aliphatic rings. The smallest absolute Gasteiger partial charge is 0.187 e. The van der Waals surface area contributed by atoms with Gasteiger partial charge in [0.05, 0.1) is 0 Å². The third-order valence-corrected chi connectivity index (χ3v) is 8.81. The Morgan fingerprint density at radius 3 is 0.844 bits per heavy atom. The minimum absolute atomic E-state index is 0.975. The number of benzene rings is 4. The molecule has 4 aromatic rings. The largest absolute Gasteiger partial charge is 0.306 e. The lowest BCUT2D eigenvalue weighted by atomic mass is 10.2. The van der Waals surface area contributed by atoms with Crippen molar-refractivity contribution in [3.05, 3.63) is 144 Å². The summed E-state index contributed by atoms with van der Waals surface area (Å²) < 4.78 is 5.44. The van der Waals surface area contributed by atoms with Gasteiger partial charge in [0, 0.05) is 26.2 Å². The van der Waals surface area contributed by atoms with Crippen molar-refractivity contribution >= 4 is 9.12 Å². The summed E-state index contributed by atoms with van der Waals surface area (Å²) in [6.45, 7) is 6.39. The van der Waals surface area contributed by atoms with Crippen molar-refractivity contribution in [2.45, 2.75) is 32.7 Å². The van der Waals surface area contributed by atoms with Crippen LogP contribution in [0.4, 0.5) is 0 Å². The Bertz CT molecular complexity index is 870. The predicted octanol–water partition coefficient (Wildman–Crippen LogP) is 6.24. The second kappa shape index (κ2) is 11.6. The molecule has 0 N–H and O–H groups in total. The van der Waals surface area contributed by atoms with Crippen molar-refractivity contribution in [2.24, 2.45) is 0 Å². The second-order valence-electron chi connectivity index (χ2n) is 8.38. The predicted molar refractivity (Wildman–Crippen MR) is 137 cm³/mol. The van der Waals surface area contributed by atoms with Gasteiger partial charge < -0.3 is 9.13 Å². The molecule has 4 rings (SSSR count). The first-order valence-corrected chi connectivity index (χ1v) is 13.6. The van der Waals surface area contributed by atoms with E-state index in [1.165, 1.54) is 22.3 Å². The highest BCUT2D eigenvalue weighted by Crippen LogP contribution is 2.18. The molecular formula is C29H32N2Si. The van der Waals surface area contributed by atoms with Gasteiger partial charge in [0.2, 0.25) is 0 Å². The van der Waals surface area contributed by atoms with Crippen LogP contribution in [0.5, 0.6) is 0 Å². The topological polar surface area (TPSA) is 6.48 Å². The van der Waals surface area contributed by atoms with E-state index in [2.05, 4.69) is 137 Å². The lowest BCUT2D eigenvalue weighted by Crippen LogP contribution is -2.49. The molecule has 162 valence electrons. The van der Waals surface area contributed by atoms with Gasteiger partial charge in [-0.2, -0.15) is 0 Å². The van der Waals surface area contributed by atoms with Crippen LogP contribution in [0.3, 0.4) is 0 Å². The van der Waals surface area contributed by atoms with Crippen molar-refractivity contribution in [1.82, 2.24) is 9.13 Å². The summed E-state index contributed by atoms with van der Waals surface area (Å²) in [6.07, 6.45) is 0. The summed E-state index contributed by atoms with van der Waals surface area (Å²) in [4.78, 5) is 0. The van der Waals surface area contributed by atoms with E-state index < -0.39 is 9.12 Å². The molecule has 32 heavy (non-hydrogen) atoms. The molecule has 0 radical (unpaired) electrons. The Balaban J connectivity index is 1.61. The van der Waals surface area contributed by atoms with Crippen LogP contribution in [-0.4, -0.2) is 18.3 Å². The minimum Gasteiger partial charge on any atom is -0.306 e. The molecular weight excluding hydrogens is 404 g/mol. The van der Waals surface area contributed by atoms with E-state index in [1.54, 1.807) is 0 Å². The quantitative estimate of drug-likeness (QED) is 0.271. The molecule has 0 saturated carbocycles. The minimum atomic E-state index is -1.44. The molecule has 0 aliphatic heterocycles. The van der Waals surface area contributed by atoms with Gasteiger partial charge >= 0.3 is 0 Å². The maximum atomic E-state index is 2.72. The van der Waals surface area contributed by atoms with Gasteiger partial charge in [0.15, 0.2) is 9.12 Å². The number of rotatable bonds is 10. The van der Waals surface area contributed by atoms with Gasteiger partial charge in [0.25, 0.3) is 0 Å². The number of hydrogen-bond acceptors (Lipinski definition) is 2. The van der Waals surface area contributed by atoms with E-state index in [-0.39, 0.29) is 0 Å². The van der Waals surface area contributed by atoms with Crippen LogP contribution < -0.4 is 0 Å². The van der Waals surface area contributed by atoms with E-state index in [4.69, 9.17) is 0 Å². The van der Waals surface area contributed by atoms with E-state index in [0.717, 1.165) is 26.2 Å². The fraction of sp³-hybridized carbons (Fsp3) is 0.172. The van der Waals surface area contributed by atoms with Crippen LogP contribution in [0.25, 0.3) is 0 Å². The van der Waals surface area contributed by atoms with E-state index in [9.17, 15) is 0 Å². The third-order valence-electron chi connectivity index (χ3n) is 5.97. The van der Waals surface area contributed by atoms with Gasteiger partial charge in [-0.25, -0.2) is 0 Å². The summed E-state index contributed by atoms with van der Waals surface area (Å²) in [5.74, 6) is 0. The highest BCUT2D eigenvalue weighted by atomic mass is 28.3. The number of hydrogen-bond donors (Lipinski definition) is 0. The lowest BCUT2D eigenvalue weighted by Gasteiger charge is -2.37.